The van der Waals surface area contributed by atoms with Gasteiger partial charge < -0.3 is 10.1 Å². The highest BCUT2D eigenvalue weighted by Gasteiger charge is 2.13. The molecule has 3 heteroatoms. The molecule has 0 amide bonds. The van der Waals surface area contributed by atoms with Crippen molar-refractivity contribution < 1.29 is 4.74 Å². The quantitative estimate of drug-likeness (QED) is 0.885. The number of nitrogens with one attached hydrogen (secondary N) is 1. The van der Waals surface area contributed by atoms with Crippen molar-refractivity contribution in [1.29, 1.82) is 0 Å². The molecule has 0 spiro atoms. The zero-order valence-electron chi connectivity index (χ0n) is 13.9. The summed E-state index contributed by atoms with van der Waals surface area (Å²) in [7, 11) is 0. The van der Waals surface area contributed by atoms with E-state index in [2.05, 4.69) is 71.7 Å². The van der Waals surface area contributed by atoms with Gasteiger partial charge >= 0.3 is 0 Å². The van der Waals surface area contributed by atoms with Gasteiger partial charge in [0.15, 0.2) is 0 Å². The molecule has 0 radical (unpaired) electrons. The third-order valence-corrected chi connectivity index (χ3v) is 4.51. The molecule has 2 aromatic carbocycles. The van der Waals surface area contributed by atoms with Crippen molar-refractivity contribution in [3.05, 3.63) is 71.3 Å². The lowest BCUT2D eigenvalue weighted by molar-refractivity contribution is 0.0340. The summed E-state index contributed by atoms with van der Waals surface area (Å²) in [5.41, 5.74) is 4.14. The minimum atomic E-state index is 0.354. The van der Waals surface area contributed by atoms with Crippen LogP contribution in [0.1, 0.15) is 29.7 Å². The zero-order valence-corrected chi connectivity index (χ0v) is 13.9. The molecule has 2 aromatic rings. The lowest BCUT2D eigenvalue weighted by Crippen LogP contribution is -2.36. The van der Waals surface area contributed by atoms with Crippen LogP contribution in [-0.4, -0.2) is 31.2 Å². The zero-order chi connectivity index (χ0) is 15.9. The smallest absolute Gasteiger partial charge is 0.0594 e. The maximum absolute atomic E-state index is 5.44. The first-order valence-corrected chi connectivity index (χ1v) is 8.48. The molecule has 0 aliphatic carbocycles. The summed E-state index contributed by atoms with van der Waals surface area (Å²) in [6.45, 7) is 7.90. The van der Waals surface area contributed by atoms with Gasteiger partial charge in [-0.05, 0) is 23.6 Å². The predicted molar refractivity (Wildman–Crippen MR) is 94.2 cm³/mol. The van der Waals surface area contributed by atoms with Crippen LogP contribution in [0.4, 0.5) is 0 Å². The minimum absolute atomic E-state index is 0.354. The fourth-order valence-corrected chi connectivity index (χ4v) is 3.01. The summed E-state index contributed by atoms with van der Waals surface area (Å²) in [5, 5.41) is 3.65. The normalized spacial score (nSPS) is 17.1. The lowest BCUT2D eigenvalue weighted by Gasteiger charge is -2.27. The average Bonchev–Trinajstić information content (AvgIpc) is 2.62. The van der Waals surface area contributed by atoms with Crippen LogP contribution in [0, 0.1) is 0 Å². The van der Waals surface area contributed by atoms with E-state index in [1.54, 1.807) is 0 Å². The second-order valence-electron chi connectivity index (χ2n) is 6.17. The van der Waals surface area contributed by atoms with Crippen LogP contribution in [0.5, 0.6) is 0 Å². The van der Waals surface area contributed by atoms with E-state index in [-0.39, 0.29) is 0 Å². The summed E-state index contributed by atoms with van der Waals surface area (Å²) in [6, 6.07) is 19.7. The second kappa shape index (κ2) is 8.25. The number of benzene rings is 2. The van der Waals surface area contributed by atoms with Crippen molar-refractivity contribution in [3.8, 4) is 0 Å². The van der Waals surface area contributed by atoms with Gasteiger partial charge in [0, 0.05) is 32.2 Å². The number of rotatable bonds is 6. The van der Waals surface area contributed by atoms with Gasteiger partial charge in [-0.2, -0.15) is 0 Å². The van der Waals surface area contributed by atoms with Crippen LogP contribution in [0.15, 0.2) is 54.6 Å². The van der Waals surface area contributed by atoms with E-state index in [1.807, 2.05) is 0 Å². The summed E-state index contributed by atoms with van der Waals surface area (Å²) in [6.07, 6.45) is 0. The highest BCUT2D eigenvalue weighted by molar-refractivity contribution is 5.27. The van der Waals surface area contributed by atoms with Crippen molar-refractivity contribution in [2.75, 3.05) is 26.3 Å². The first kappa shape index (κ1) is 16.2. The summed E-state index contributed by atoms with van der Waals surface area (Å²) in [5.74, 6) is 0. The van der Waals surface area contributed by atoms with Crippen molar-refractivity contribution >= 4 is 0 Å². The van der Waals surface area contributed by atoms with Crippen molar-refractivity contribution in [2.24, 2.45) is 0 Å². The summed E-state index contributed by atoms with van der Waals surface area (Å²) < 4.78 is 5.44. The Labute approximate surface area is 139 Å². The monoisotopic (exact) mass is 310 g/mol. The van der Waals surface area contributed by atoms with Crippen molar-refractivity contribution in [2.45, 2.75) is 26.1 Å². The Morgan fingerprint density at radius 1 is 0.957 bits per heavy atom. The Morgan fingerprint density at radius 3 is 2.35 bits per heavy atom. The molecular formula is C20H26N2O. The van der Waals surface area contributed by atoms with Gasteiger partial charge in [-0.25, -0.2) is 0 Å². The van der Waals surface area contributed by atoms with E-state index >= 15 is 0 Å². The second-order valence-corrected chi connectivity index (χ2v) is 6.17. The van der Waals surface area contributed by atoms with Gasteiger partial charge in [0.25, 0.3) is 0 Å². The molecule has 1 fully saturated rings. The number of hydrogen-bond acceptors (Lipinski definition) is 3. The molecule has 1 aliphatic rings. The standard InChI is InChI=1S/C20H26N2O/c1-17(18-7-3-2-4-8-18)21-15-19-9-5-6-10-20(19)16-22-11-13-23-14-12-22/h2-10,17,21H,11-16H2,1H3. The Bertz CT molecular complexity index is 594. The van der Waals surface area contributed by atoms with E-state index in [0.29, 0.717) is 6.04 Å². The minimum Gasteiger partial charge on any atom is -0.379 e. The molecule has 122 valence electrons. The van der Waals surface area contributed by atoms with Gasteiger partial charge in [-0.15, -0.1) is 0 Å². The highest BCUT2D eigenvalue weighted by atomic mass is 16.5. The van der Waals surface area contributed by atoms with E-state index < -0.39 is 0 Å². The van der Waals surface area contributed by atoms with Gasteiger partial charge in [-0.3, -0.25) is 4.90 Å². The molecule has 1 N–H and O–H groups in total. The van der Waals surface area contributed by atoms with Crippen LogP contribution in [0.2, 0.25) is 0 Å². The number of hydrogen-bond donors (Lipinski definition) is 1. The number of morpholine rings is 1. The van der Waals surface area contributed by atoms with Gasteiger partial charge in [0.2, 0.25) is 0 Å². The van der Waals surface area contributed by atoms with Crippen LogP contribution >= 0.6 is 0 Å². The number of nitrogens with zero attached hydrogens (tertiary/aromatic N) is 1. The van der Waals surface area contributed by atoms with Crippen LogP contribution < -0.4 is 5.32 Å². The molecule has 0 aromatic heterocycles. The first-order valence-electron chi connectivity index (χ1n) is 8.48. The number of ether oxygens (including phenoxy) is 1. The predicted octanol–water partition coefficient (Wildman–Crippen LogP) is 3.37. The molecule has 1 saturated heterocycles. The highest BCUT2D eigenvalue weighted by Crippen LogP contribution is 2.16. The van der Waals surface area contributed by atoms with E-state index in [9.17, 15) is 0 Å². The van der Waals surface area contributed by atoms with Crippen LogP contribution in [0.3, 0.4) is 0 Å². The molecule has 3 nitrogen and oxygen atoms in total. The van der Waals surface area contributed by atoms with E-state index in [1.165, 1.54) is 16.7 Å². The topological polar surface area (TPSA) is 24.5 Å². The fourth-order valence-electron chi connectivity index (χ4n) is 3.01. The molecule has 1 aliphatic heterocycles. The Kier molecular flexibility index (Phi) is 5.81. The third-order valence-electron chi connectivity index (χ3n) is 4.51. The Morgan fingerprint density at radius 2 is 1.61 bits per heavy atom. The third kappa shape index (κ3) is 4.64. The molecule has 1 atom stereocenters. The Balaban J connectivity index is 1.61. The molecule has 1 unspecified atom stereocenters. The summed E-state index contributed by atoms with van der Waals surface area (Å²) in [4.78, 5) is 2.48. The average molecular weight is 310 g/mol. The molecule has 23 heavy (non-hydrogen) atoms. The summed E-state index contributed by atoms with van der Waals surface area (Å²) >= 11 is 0. The van der Waals surface area contributed by atoms with Gasteiger partial charge in [0.05, 0.1) is 13.2 Å². The van der Waals surface area contributed by atoms with Gasteiger partial charge in [0.1, 0.15) is 0 Å². The van der Waals surface area contributed by atoms with E-state index in [0.717, 1.165) is 39.4 Å². The SMILES string of the molecule is CC(NCc1ccccc1CN1CCOCC1)c1ccccc1. The maximum atomic E-state index is 5.44. The molecular weight excluding hydrogens is 284 g/mol. The fraction of sp³-hybridized carbons (Fsp3) is 0.400. The molecule has 0 bridgehead atoms. The molecule has 0 saturated carbocycles. The largest absolute Gasteiger partial charge is 0.379 e. The van der Waals surface area contributed by atoms with Crippen molar-refractivity contribution in [3.63, 3.8) is 0 Å². The maximum Gasteiger partial charge on any atom is 0.0594 e. The van der Waals surface area contributed by atoms with Gasteiger partial charge in [-0.1, -0.05) is 54.6 Å². The first-order chi connectivity index (χ1) is 11.3. The van der Waals surface area contributed by atoms with Crippen LogP contribution in [0.25, 0.3) is 0 Å². The lowest BCUT2D eigenvalue weighted by atomic mass is 10.0. The molecule has 3 rings (SSSR count). The van der Waals surface area contributed by atoms with Crippen molar-refractivity contribution in [1.82, 2.24) is 10.2 Å². The molecule has 1 heterocycles. The van der Waals surface area contributed by atoms with Crippen LogP contribution in [-0.2, 0) is 17.8 Å². The van der Waals surface area contributed by atoms with E-state index in [4.69, 9.17) is 4.74 Å². The Hall–Kier alpha value is -1.68.